The van der Waals surface area contributed by atoms with Crippen LogP contribution in [0.15, 0.2) is 42.5 Å². The van der Waals surface area contributed by atoms with Crippen LogP contribution in [0.2, 0.25) is 0 Å². The van der Waals surface area contributed by atoms with Crippen LogP contribution in [-0.2, 0) is 9.53 Å². The van der Waals surface area contributed by atoms with E-state index in [1.807, 2.05) is 37.3 Å². The topological polar surface area (TPSA) is 136 Å². The third kappa shape index (κ3) is 7.58. The Morgan fingerprint density at radius 2 is 1.97 bits per heavy atom. The highest BCUT2D eigenvalue weighted by Crippen LogP contribution is 2.22. The Bertz CT molecular complexity index is 849. The van der Waals surface area contributed by atoms with Crippen molar-refractivity contribution in [2.24, 2.45) is 5.73 Å². The Morgan fingerprint density at radius 3 is 2.60 bits per heavy atom. The summed E-state index contributed by atoms with van der Waals surface area (Å²) in [5, 5.41) is 12.3. The van der Waals surface area contributed by atoms with Gasteiger partial charge in [0.1, 0.15) is 36.7 Å². The maximum absolute atomic E-state index is 12.6. The second-order valence-corrected chi connectivity index (χ2v) is 6.30. The lowest BCUT2D eigenvalue weighted by Crippen LogP contribution is -2.29. The van der Waals surface area contributed by atoms with E-state index in [4.69, 9.17) is 15.2 Å². The van der Waals surface area contributed by atoms with E-state index in [0.29, 0.717) is 32.1 Å². The molecule has 0 saturated carbocycles. The number of carbonyl (C=O) groups is 1. The number of hydrogen-bond donors (Lipinski definition) is 2. The van der Waals surface area contributed by atoms with Gasteiger partial charge in [-0.3, -0.25) is 4.79 Å². The molecule has 0 aliphatic rings. The molecule has 0 radical (unpaired) electrons. The molecule has 0 saturated heterocycles. The number of carbonyl (C=O) groups excluding carboxylic acids is 1. The first-order chi connectivity index (χ1) is 14.7. The highest BCUT2D eigenvalue weighted by atomic mass is 16.5. The number of nitrogens with zero attached hydrogens (tertiary/aromatic N) is 4. The van der Waals surface area contributed by atoms with Crippen LogP contribution in [0, 0.1) is 11.3 Å². The number of aromatic nitrogens is 3. The molecule has 0 aliphatic carbocycles. The fourth-order valence-corrected chi connectivity index (χ4v) is 2.65. The first-order valence-electron chi connectivity index (χ1n) is 9.73. The summed E-state index contributed by atoms with van der Waals surface area (Å²) in [7, 11) is 0. The average Bonchev–Trinajstić information content (AvgIpc) is 2.78. The van der Waals surface area contributed by atoms with E-state index in [2.05, 4.69) is 20.3 Å². The van der Waals surface area contributed by atoms with Gasteiger partial charge in [0, 0.05) is 12.6 Å². The fourth-order valence-electron chi connectivity index (χ4n) is 2.65. The van der Waals surface area contributed by atoms with Gasteiger partial charge in [-0.25, -0.2) is 15.0 Å². The molecule has 1 amide bonds. The third-order valence-corrected chi connectivity index (χ3v) is 4.08. The molecule has 0 fully saturated rings. The van der Waals surface area contributed by atoms with E-state index in [9.17, 15) is 10.1 Å². The molecule has 3 N–H and O–H groups in total. The highest BCUT2D eigenvalue weighted by molar-refractivity contribution is 6.01. The van der Waals surface area contributed by atoms with Crippen molar-refractivity contribution >= 4 is 12.0 Å². The van der Waals surface area contributed by atoms with Crippen LogP contribution < -0.4 is 15.8 Å². The molecule has 2 aromatic rings. The van der Waals surface area contributed by atoms with Crippen molar-refractivity contribution in [1.29, 1.82) is 5.26 Å². The van der Waals surface area contributed by atoms with Gasteiger partial charge < -0.3 is 20.5 Å². The number of benzene rings is 1. The maximum Gasteiger partial charge on any atom is 0.262 e. The van der Waals surface area contributed by atoms with E-state index in [-0.39, 0.29) is 17.4 Å². The quantitative estimate of drug-likeness (QED) is 0.307. The SMILES string of the molecule is CCCC(NC(=O)/C(C#N)=C/c1ncncn1)c1ccc(OCCOCCN)cc1. The van der Waals surface area contributed by atoms with E-state index < -0.39 is 5.91 Å². The van der Waals surface area contributed by atoms with Gasteiger partial charge in [-0.1, -0.05) is 25.5 Å². The zero-order valence-corrected chi connectivity index (χ0v) is 17.0. The molecule has 1 aromatic carbocycles. The fraction of sp³-hybridized carbons (Fsp3) is 0.381. The second-order valence-electron chi connectivity index (χ2n) is 6.30. The summed E-state index contributed by atoms with van der Waals surface area (Å²) in [6.07, 6.45) is 5.53. The van der Waals surface area contributed by atoms with E-state index in [0.717, 1.165) is 18.4 Å². The molecule has 1 unspecified atom stereocenters. The predicted molar refractivity (Wildman–Crippen MR) is 111 cm³/mol. The van der Waals surface area contributed by atoms with Crippen molar-refractivity contribution in [3.05, 3.63) is 53.9 Å². The van der Waals surface area contributed by atoms with Crippen molar-refractivity contribution < 1.29 is 14.3 Å². The van der Waals surface area contributed by atoms with Crippen LogP contribution in [0.25, 0.3) is 6.08 Å². The number of amides is 1. The lowest BCUT2D eigenvalue weighted by Gasteiger charge is -2.19. The molecule has 158 valence electrons. The lowest BCUT2D eigenvalue weighted by atomic mass is 10.0. The van der Waals surface area contributed by atoms with Crippen LogP contribution in [0.5, 0.6) is 5.75 Å². The lowest BCUT2D eigenvalue weighted by molar-refractivity contribution is -0.117. The van der Waals surface area contributed by atoms with E-state index >= 15 is 0 Å². The Balaban J connectivity index is 2.01. The first-order valence-corrected chi connectivity index (χ1v) is 9.73. The van der Waals surface area contributed by atoms with Gasteiger partial charge in [0.25, 0.3) is 5.91 Å². The van der Waals surface area contributed by atoms with E-state index in [1.165, 1.54) is 18.7 Å². The number of hydrogen-bond acceptors (Lipinski definition) is 8. The van der Waals surface area contributed by atoms with Crippen LogP contribution >= 0.6 is 0 Å². The van der Waals surface area contributed by atoms with Crippen molar-refractivity contribution in [3.63, 3.8) is 0 Å². The standard InChI is InChI=1S/C21H26N6O3/c1-2-3-19(16-4-6-18(7-5-16)30-11-10-29-9-8-22)27-21(28)17(13-23)12-20-25-14-24-15-26-20/h4-7,12,14-15,19H,2-3,8-11,22H2,1H3,(H,27,28)/b17-12+. The molecule has 30 heavy (non-hydrogen) atoms. The molecule has 9 heteroatoms. The minimum absolute atomic E-state index is 0.0697. The minimum atomic E-state index is -0.478. The van der Waals surface area contributed by atoms with Gasteiger partial charge in [0.2, 0.25) is 0 Å². The molecule has 1 heterocycles. The molecule has 1 atom stereocenters. The zero-order valence-electron chi connectivity index (χ0n) is 17.0. The van der Waals surface area contributed by atoms with Crippen LogP contribution in [0.1, 0.15) is 37.2 Å². The third-order valence-electron chi connectivity index (χ3n) is 4.08. The van der Waals surface area contributed by atoms with Gasteiger partial charge in [0.05, 0.1) is 19.3 Å². The number of nitriles is 1. The summed E-state index contributed by atoms with van der Waals surface area (Å²) in [4.78, 5) is 24.2. The van der Waals surface area contributed by atoms with Crippen molar-refractivity contribution in [1.82, 2.24) is 20.3 Å². The largest absolute Gasteiger partial charge is 0.491 e. The maximum atomic E-state index is 12.6. The summed E-state index contributed by atoms with van der Waals surface area (Å²) >= 11 is 0. The Labute approximate surface area is 176 Å². The molecule has 9 nitrogen and oxygen atoms in total. The highest BCUT2D eigenvalue weighted by Gasteiger charge is 2.17. The molecule has 2 rings (SSSR count). The summed E-state index contributed by atoms with van der Waals surface area (Å²) in [6, 6.07) is 9.16. The number of nitrogens with two attached hydrogens (primary N) is 1. The molecule has 0 spiro atoms. The Hall–Kier alpha value is -3.35. The molecule has 0 aliphatic heterocycles. The van der Waals surface area contributed by atoms with Gasteiger partial charge >= 0.3 is 0 Å². The Morgan fingerprint density at radius 1 is 1.23 bits per heavy atom. The summed E-state index contributed by atoms with van der Waals surface area (Å²) in [5.74, 6) is 0.485. The monoisotopic (exact) mass is 410 g/mol. The predicted octanol–water partition coefficient (Wildman–Crippen LogP) is 1.79. The van der Waals surface area contributed by atoms with Gasteiger partial charge in [-0.15, -0.1) is 0 Å². The van der Waals surface area contributed by atoms with Crippen molar-refractivity contribution in [3.8, 4) is 11.8 Å². The molecule has 0 bridgehead atoms. The first kappa shape index (κ1) is 22.9. The van der Waals surface area contributed by atoms with Crippen LogP contribution in [0.4, 0.5) is 0 Å². The normalized spacial score (nSPS) is 12.1. The minimum Gasteiger partial charge on any atom is -0.491 e. The van der Waals surface area contributed by atoms with Crippen molar-refractivity contribution in [2.45, 2.75) is 25.8 Å². The smallest absolute Gasteiger partial charge is 0.262 e. The van der Waals surface area contributed by atoms with Gasteiger partial charge in [-0.2, -0.15) is 5.26 Å². The second kappa shape index (κ2) is 13.0. The zero-order chi connectivity index (χ0) is 21.6. The van der Waals surface area contributed by atoms with Crippen molar-refractivity contribution in [2.75, 3.05) is 26.4 Å². The number of rotatable bonds is 12. The molecular weight excluding hydrogens is 384 g/mol. The summed E-state index contributed by atoms with van der Waals surface area (Å²) in [5.41, 5.74) is 6.22. The number of ether oxygens (including phenoxy) is 2. The number of nitrogens with one attached hydrogen (secondary N) is 1. The van der Waals surface area contributed by atoms with E-state index in [1.54, 1.807) is 0 Å². The Kier molecular flexibility index (Phi) is 9.92. The van der Waals surface area contributed by atoms with Gasteiger partial charge in [-0.05, 0) is 24.1 Å². The van der Waals surface area contributed by atoms with Crippen LogP contribution in [0.3, 0.4) is 0 Å². The van der Waals surface area contributed by atoms with Crippen LogP contribution in [-0.4, -0.2) is 47.2 Å². The molecule has 1 aromatic heterocycles. The summed E-state index contributed by atoms with van der Waals surface area (Å²) < 4.78 is 10.9. The summed E-state index contributed by atoms with van der Waals surface area (Å²) in [6.45, 7) is 3.92. The van der Waals surface area contributed by atoms with Gasteiger partial charge in [0.15, 0.2) is 5.82 Å². The average molecular weight is 410 g/mol. The molecular formula is C21H26N6O3.